The number of rotatable bonds is 0. The van der Waals surface area contributed by atoms with Crippen LogP contribution in [0.2, 0.25) is 0 Å². The number of nitrogens with two attached hydrogens (primary N) is 1. The van der Waals surface area contributed by atoms with Crippen LogP contribution >= 0.6 is 0 Å². The predicted octanol–water partition coefficient (Wildman–Crippen LogP) is -0.612. The first-order valence-corrected chi connectivity index (χ1v) is 4.43. The molecule has 2 rings (SSSR count). The van der Waals surface area contributed by atoms with E-state index in [9.17, 15) is 9.59 Å². The molecular weight excluding hydrogens is 200 g/mol. The van der Waals surface area contributed by atoms with Crippen LogP contribution in [-0.4, -0.2) is 32.6 Å². The van der Waals surface area contributed by atoms with E-state index in [2.05, 4.69) is 9.97 Å². The lowest BCUT2D eigenvalue weighted by Gasteiger charge is -2.24. The molecule has 1 aliphatic rings. The largest absolute Gasteiger partial charge is 0.465 e. The van der Waals surface area contributed by atoms with E-state index in [1.54, 1.807) is 0 Å². The third-order valence-electron chi connectivity index (χ3n) is 2.36. The normalized spacial score (nSPS) is 14.8. The zero-order chi connectivity index (χ0) is 11.0. The van der Waals surface area contributed by atoms with Gasteiger partial charge in [0.25, 0.3) is 5.56 Å². The highest BCUT2D eigenvalue weighted by Crippen LogP contribution is 2.13. The van der Waals surface area contributed by atoms with Gasteiger partial charge in [-0.1, -0.05) is 0 Å². The number of nitrogens with zero attached hydrogens (tertiary/aromatic N) is 2. The Balaban J connectivity index is 2.42. The second-order valence-corrected chi connectivity index (χ2v) is 3.33. The molecule has 15 heavy (non-hydrogen) atoms. The summed E-state index contributed by atoms with van der Waals surface area (Å²) in [7, 11) is 0. The first-order valence-electron chi connectivity index (χ1n) is 4.43. The maximum atomic E-state index is 11.5. The van der Waals surface area contributed by atoms with Crippen LogP contribution in [0.25, 0.3) is 0 Å². The molecule has 0 spiro atoms. The van der Waals surface area contributed by atoms with Crippen LogP contribution < -0.4 is 11.3 Å². The average Bonchev–Trinajstić information content (AvgIpc) is 2.16. The Morgan fingerprint density at radius 2 is 2.33 bits per heavy atom. The molecule has 1 aromatic rings. The van der Waals surface area contributed by atoms with E-state index >= 15 is 0 Å². The van der Waals surface area contributed by atoms with Crippen LogP contribution in [0.3, 0.4) is 0 Å². The van der Waals surface area contributed by atoms with E-state index in [-0.39, 0.29) is 18.1 Å². The Morgan fingerprint density at radius 1 is 1.60 bits per heavy atom. The van der Waals surface area contributed by atoms with Crippen LogP contribution in [0.4, 0.5) is 10.7 Å². The topological polar surface area (TPSA) is 112 Å². The Morgan fingerprint density at radius 3 is 3.00 bits per heavy atom. The lowest BCUT2D eigenvalue weighted by Crippen LogP contribution is -2.38. The molecule has 0 fully saturated rings. The summed E-state index contributed by atoms with van der Waals surface area (Å²) in [5.74, 6) is 0.0718. The van der Waals surface area contributed by atoms with Crippen LogP contribution in [0.1, 0.15) is 11.3 Å². The summed E-state index contributed by atoms with van der Waals surface area (Å²) < 4.78 is 0. The highest BCUT2D eigenvalue weighted by atomic mass is 16.4. The van der Waals surface area contributed by atoms with Gasteiger partial charge in [-0.2, -0.15) is 0 Å². The van der Waals surface area contributed by atoms with Crippen molar-refractivity contribution in [3.05, 3.63) is 21.6 Å². The molecule has 7 heteroatoms. The molecule has 2 heterocycles. The number of amides is 1. The molecular formula is C8H10N4O3. The average molecular weight is 210 g/mol. The zero-order valence-corrected chi connectivity index (χ0v) is 7.86. The highest BCUT2D eigenvalue weighted by molar-refractivity contribution is 5.65. The lowest BCUT2D eigenvalue weighted by molar-refractivity contribution is 0.139. The van der Waals surface area contributed by atoms with Gasteiger partial charge in [-0.15, -0.1) is 0 Å². The number of fused-ring (bicyclic) bond motifs is 1. The Hall–Kier alpha value is -2.05. The smallest absolute Gasteiger partial charge is 0.407 e. The van der Waals surface area contributed by atoms with Gasteiger partial charge in [0.15, 0.2) is 0 Å². The SMILES string of the molecule is Nc1nc2c(c(=O)[nH]1)CN(C(=O)O)CC2. The molecule has 7 nitrogen and oxygen atoms in total. The molecule has 1 amide bonds. The second kappa shape index (κ2) is 3.26. The van der Waals surface area contributed by atoms with E-state index in [4.69, 9.17) is 10.8 Å². The van der Waals surface area contributed by atoms with Crippen molar-refractivity contribution >= 4 is 12.0 Å². The summed E-state index contributed by atoms with van der Waals surface area (Å²) in [6.45, 7) is 0.422. The maximum Gasteiger partial charge on any atom is 0.407 e. The molecule has 80 valence electrons. The number of aromatic amines is 1. The van der Waals surface area contributed by atoms with Gasteiger partial charge < -0.3 is 15.7 Å². The first-order chi connectivity index (χ1) is 7.08. The van der Waals surface area contributed by atoms with Gasteiger partial charge in [-0.05, 0) is 0 Å². The second-order valence-electron chi connectivity index (χ2n) is 3.33. The van der Waals surface area contributed by atoms with Gasteiger partial charge in [0.1, 0.15) is 0 Å². The van der Waals surface area contributed by atoms with E-state index in [0.717, 1.165) is 0 Å². The predicted molar refractivity (Wildman–Crippen MR) is 51.4 cm³/mol. The number of H-pyrrole nitrogens is 1. The quantitative estimate of drug-likeness (QED) is 0.528. The van der Waals surface area contributed by atoms with Crippen molar-refractivity contribution in [2.45, 2.75) is 13.0 Å². The summed E-state index contributed by atoms with van der Waals surface area (Å²) in [5.41, 5.74) is 6.00. The van der Waals surface area contributed by atoms with Gasteiger partial charge in [-0.25, -0.2) is 9.78 Å². The van der Waals surface area contributed by atoms with E-state index in [1.807, 2.05) is 0 Å². The first kappa shape index (κ1) is 9.50. The summed E-state index contributed by atoms with van der Waals surface area (Å²) in [6.07, 6.45) is -0.604. The minimum atomic E-state index is -1.03. The van der Waals surface area contributed by atoms with Crippen LogP contribution in [0, 0.1) is 0 Å². The van der Waals surface area contributed by atoms with E-state index < -0.39 is 6.09 Å². The third kappa shape index (κ3) is 1.63. The molecule has 0 aliphatic carbocycles. The Labute approximate surface area is 84.5 Å². The van der Waals surface area contributed by atoms with Crippen LogP contribution in [-0.2, 0) is 13.0 Å². The number of anilines is 1. The van der Waals surface area contributed by atoms with Crippen LogP contribution in [0.5, 0.6) is 0 Å². The summed E-state index contributed by atoms with van der Waals surface area (Å²) in [6, 6.07) is 0. The molecule has 1 aromatic heterocycles. The van der Waals surface area contributed by atoms with Crippen molar-refractivity contribution in [3.63, 3.8) is 0 Å². The van der Waals surface area contributed by atoms with E-state index in [1.165, 1.54) is 4.90 Å². The van der Waals surface area contributed by atoms with Crippen molar-refractivity contribution in [1.82, 2.24) is 14.9 Å². The van der Waals surface area contributed by atoms with Crippen molar-refractivity contribution in [2.75, 3.05) is 12.3 Å². The number of hydrogen-bond acceptors (Lipinski definition) is 4. The number of carbonyl (C=O) groups is 1. The molecule has 0 saturated heterocycles. The number of carboxylic acid groups (broad SMARTS) is 1. The van der Waals surface area contributed by atoms with Crippen molar-refractivity contribution in [3.8, 4) is 0 Å². The fourth-order valence-corrected chi connectivity index (χ4v) is 1.61. The molecule has 0 aromatic carbocycles. The third-order valence-corrected chi connectivity index (χ3v) is 2.36. The Kier molecular flexibility index (Phi) is 2.07. The standard InChI is InChI=1S/C8H10N4O3/c9-7-10-5-1-2-12(8(14)15)3-4(5)6(13)11-7/h1-3H2,(H,14,15)(H3,9,10,11,13). The highest BCUT2D eigenvalue weighted by Gasteiger charge is 2.23. The van der Waals surface area contributed by atoms with Gasteiger partial charge in [0, 0.05) is 13.0 Å². The van der Waals surface area contributed by atoms with Crippen molar-refractivity contribution in [2.24, 2.45) is 0 Å². The molecule has 1 aliphatic heterocycles. The number of hydrogen-bond donors (Lipinski definition) is 3. The van der Waals surface area contributed by atoms with Crippen LogP contribution in [0.15, 0.2) is 4.79 Å². The summed E-state index contributed by atoms with van der Waals surface area (Å²) >= 11 is 0. The van der Waals surface area contributed by atoms with Gasteiger partial charge in [0.2, 0.25) is 5.95 Å². The molecule has 0 atom stereocenters. The number of aromatic nitrogens is 2. The molecule has 0 unspecified atom stereocenters. The number of nitrogen functional groups attached to an aromatic ring is 1. The van der Waals surface area contributed by atoms with E-state index in [0.29, 0.717) is 24.2 Å². The summed E-state index contributed by atoms with van der Waals surface area (Å²) in [5, 5.41) is 8.78. The monoisotopic (exact) mass is 210 g/mol. The van der Waals surface area contributed by atoms with Gasteiger partial charge in [-0.3, -0.25) is 9.78 Å². The van der Waals surface area contributed by atoms with Crippen molar-refractivity contribution in [1.29, 1.82) is 0 Å². The minimum absolute atomic E-state index is 0.0718. The van der Waals surface area contributed by atoms with Gasteiger partial charge in [0.05, 0.1) is 17.8 Å². The van der Waals surface area contributed by atoms with Crippen molar-refractivity contribution < 1.29 is 9.90 Å². The molecule has 0 bridgehead atoms. The fourth-order valence-electron chi connectivity index (χ4n) is 1.61. The minimum Gasteiger partial charge on any atom is -0.465 e. The Bertz CT molecular complexity index is 467. The fraction of sp³-hybridized carbons (Fsp3) is 0.375. The van der Waals surface area contributed by atoms with Gasteiger partial charge >= 0.3 is 6.09 Å². The molecule has 0 saturated carbocycles. The summed E-state index contributed by atoms with van der Waals surface area (Å²) in [4.78, 5) is 29.7. The molecule has 4 N–H and O–H groups in total. The molecule has 0 radical (unpaired) electrons. The maximum absolute atomic E-state index is 11.5. The number of nitrogens with one attached hydrogen (secondary N) is 1. The lowest BCUT2D eigenvalue weighted by atomic mass is 10.1. The zero-order valence-electron chi connectivity index (χ0n) is 7.86.